The summed E-state index contributed by atoms with van der Waals surface area (Å²) in [5.41, 5.74) is 6.91. The highest BCUT2D eigenvalue weighted by atomic mass is 16.5. The molecule has 0 saturated carbocycles. The van der Waals surface area contributed by atoms with Crippen LogP contribution in [-0.4, -0.2) is 17.7 Å². The molecule has 1 aliphatic rings. The molecule has 3 heteroatoms. The summed E-state index contributed by atoms with van der Waals surface area (Å²) in [4.78, 5) is 10.9. The molecule has 0 aliphatic heterocycles. The Morgan fingerprint density at radius 1 is 1.30 bits per heavy atom. The first kappa shape index (κ1) is 14.4. The van der Waals surface area contributed by atoms with Crippen molar-refractivity contribution in [2.24, 2.45) is 0 Å². The molecular formula is C17H20O3. The number of phenols is 1. The highest BCUT2D eigenvalue weighted by Gasteiger charge is 2.24. The Hall–Kier alpha value is -2.03. The van der Waals surface area contributed by atoms with Crippen molar-refractivity contribution in [2.75, 3.05) is 6.61 Å². The molecule has 2 rings (SSSR count). The summed E-state index contributed by atoms with van der Waals surface area (Å²) in [6.45, 7) is 11.7. The molecule has 0 spiro atoms. The molecule has 0 atom stereocenters. The molecule has 0 aromatic heterocycles. The Bertz CT molecular complexity index is 636. The van der Waals surface area contributed by atoms with Gasteiger partial charge in [-0.1, -0.05) is 6.58 Å². The van der Waals surface area contributed by atoms with Crippen LogP contribution in [0.2, 0.25) is 0 Å². The van der Waals surface area contributed by atoms with Crippen molar-refractivity contribution in [2.45, 2.75) is 34.1 Å². The third-order valence-corrected chi connectivity index (χ3v) is 3.96. The van der Waals surface area contributed by atoms with Gasteiger partial charge in [0, 0.05) is 18.9 Å². The first-order valence-electron chi connectivity index (χ1n) is 6.70. The van der Waals surface area contributed by atoms with Gasteiger partial charge in [-0.2, -0.15) is 0 Å². The van der Waals surface area contributed by atoms with Gasteiger partial charge < -0.3 is 9.84 Å². The van der Waals surface area contributed by atoms with Gasteiger partial charge in [0.2, 0.25) is 0 Å². The molecule has 20 heavy (non-hydrogen) atoms. The summed E-state index contributed by atoms with van der Waals surface area (Å²) >= 11 is 0. The normalized spacial score (nSPS) is 13.2. The minimum atomic E-state index is -0.285. The molecule has 0 heterocycles. The van der Waals surface area contributed by atoms with Crippen LogP contribution in [0.4, 0.5) is 0 Å². The van der Waals surface area contributed by atoms with Gasteiger partial charge >= 0.3 is 5.97 Å². The van der Waals surface area contributed by atoms with Crippen molar-refractivity contribution in [3.8, 4) is 5.75 Å². The molecule has 0 saturated heterocycles. The third kappa shape index (κ3) is 2.24. The topological polar surface area (TPSA) is 46.5 Å². The summed E-state index contributed by atoms with van der Waals surface area (Å²) in [5, 5.41) is 10.4. The van der Waals surface area contributed by atoms with Crippen LogP contribution in [0.15, 0.2) is 12.2 Å². The van der Waals surface area contributed by atoms with Gasteiger partial charge in [-0.25, -0.2) is 0 Å². The second kappa shape index (κ2) is 5.16. The quantitative estimate of drug-likeness (QED) is 0.856. The minimum Gasteiger partial charge on any atom is -0.507 e. The molecular weight excluding hydrogens is 252 g/mol. The largest absolute Gasteiger partial charge is 0.507 e. The zero-order valence-corrected chi connectivity index (χ0v) is 12.5. The van der Waals surface area contributed by atoms with E-state index in [0.29, 0.717) is 18.8 Å². The maximum Gasteiger partial charge on any atom is 0.302 e. The summed E-state index contributed by atoms with van der Waals surface area (Å²) in [6.07, 6.45) is 2.58. The standard InChI is InChI=1S/C17H20O3/c1-9-8-15-16(10(9)2)11(3)14(12(4)17(15)19)6-7-20-13(5)18/h8,19H,2,6-7H2,1,3-5H3. The number of rotatable bonds is 3. The minimum absolute atomic E-state index is 0.285. The molecule has 0 unspecified atom stereocenters. The van der Waals surface area contributed by atoms with Crippen molar-refractivity contribution < 1.29 is 14.6 Å². The number of hydrogen-bond acceptors (Lipinski definition) is 3. The molecule has 1 N–H and O–H groups in total. The van der Waals surface area contributed by atoms with E-state index < -0.39 is 0 Å². The molecule has 0 radical (unpaired) electrons. The zero-order chi connectivity index (χ0) is 15.0. The highest BCUT2D eigenvalue weighted by molar-refractivity contribution is 5.96. The summed E-state index contributed by atoms with van der Waals surface area (Å²) < 4.78 is 5.01. The van der Waals surface area contributed by atoms with Gasteiger partial charge in [0.25, 0.3) is 0 Å². The van der Waals surface area contributed by atoms with Crippen LogP contribution in [0.25, 0.3) is 11.6 Å². The van der Waals surface area contributed by atoms with Crippen LogP contribution in [0.5, 0.6) is 5.75 Å². The van der Waals surface area contributed by atoms with E-state index in [1.165, 1.54) is 6.92 Å². The number of esters is 1. The number of carbonyl (C=O) groups is 1. The number of phenolic OH excluding ortho intramolecular Hbond substituents is 1. The molecule has 1 aliphatic carbocycles. The summed E-state index contributed by atoms with van der Waals surface area (Å²) in [6, 6.07) is 0. The Morgan fingerprint density at radius 3 is 2.55 bits per heavy atom. The zero-order valence-electron chi connectivity index (χ0n) is 12.5. The van der Waals surface area contributed by atoms with Gasteiger partial charge in [0.15, 0.2) is 0 Å². The number of ether oxygens (including phenoxy) is 1. The Morgan fingerprint density at radius 2 is 1.95 bits per heavy atom. The SMILES string of the molecule is C=C1C(C)=Cc2c(O)c(C)c(CCOC(C)=O)c(C)c21. The van der Waals surface area contributed by atoms with E-state index in [1.54, 1.807) is 0 Å². The van der Waals surface area contributed by atoms with Gasteiger partial charge in [-0.15, -0.1) is 0 Å². The number of allylic oxidation sites excluding steroid dienone is 2. The van der Waals surface area contributed by atoms with E-state index in [2.05, 4.69) is 6.58 Å². The Balaban J connectivity index is 2.45. The van der Waals surface area contributed by atoms with Crippen molar-refractivity contribution in [1.82, 2.24) is 0 Å². The molecule has 106 valence electrons. The molecule has 0 amide bonds. The van der Waals surface area contributed by atoms with Gasteiger partial charge in [0.1, 0.15) is 5.75 Å². The molecule has 3 nitrogen and oxygen atoms in total. The predicted molar refractivity (Wildman–Crippen MR) is 80.6 cm³/mol. The molecule has 1 aromatic rings. The maximum atomic E-state index is 10.9. The lowest BCUT2D eigenvalue weighted by molar-refractivity contribution is -0.140. The van der Waals surface area contributed by atoms with E-state index >= 15 is 0 Å². The number of carbonyl (C=O) groups excluding carboxylic acids is 1. The molecule has 1 aromatic carbocycles. The smallest absolute Gasteiger partial charge is 0.302 e. The van der Waals surface area contributed by atoms with Crippen LogP contribution in [0.1, 0.15) is 41.7 Å². The average molecular weight is 272 g/mol. The van der Waals surface area contributed by atoms with E-state index in [-0.39, 0.29) is 5.97 Å². The second-order valence-electron chi connectivity index (χ2n) is 5.26. The van der Waals surface area contributed by atoms with Crippen LogP contribution in [0.3, 0.4) is 0 Å². The van der Waals surface area contributed by atoms with Crippen molar-refractivity contribution in [3.63, 3.8) is 0 Å². The third-order valence-electron chi connectivity index (χ3n) is 3.96. The monoisotopic (exact) mass is 272 g/mol. The van der Waals surface area contributed by atoms with Crippen LogP contribution in [-0.2, 0) is 16.0 Å². The second-order valence-corrected chi connectivity index (χ2v) is 5.26. The van der Waals surface area contributed by atoms with Gasteiger partial charge in [-0.05, 0) is 60.2 Å². The van der Waals surface area contributed by atoms with E-state index in [9.17, 15) is 9.90 Å². The fourth-order valence-electron chi connectivity index (χ4n) is 2.80. The van der Waals surface area contributed by atoms with Crippen molar-refractivity contribution in [1.29, 1.82) is 0 Å². The van der Waals surface area contributed by atoms with Crippen LogP contribution in [0, 0.1) is 13.8 Å². The first-order chi connectivity index (χ1) is 9.34. The molecule has 0 fully saturated rings. The number of hydrogen-bond donors (Lipinski definition) is 1. The number of benzene rings is 1. The first-order valence-corrected chi connectivity index (χ1v) is 6.70. The average Bonchev–Trinajstić information content (AvgIpc) is 2.67. The lowest BCUT2D eigenvalue weighted by Crippen LogP contribution is -2.07. The number of aromatic hydroxyl groups is 1. The summed E-state index contributed by atoms with van der Waals surface area (Å²) in [5.74, 6) is 0.0223. The van der Waals surface area contributed by atoms with Crippen molar-refractivity contribution >= 4 is 17.6 Å². The van der Waals surface area contributed by atoms with Gasteiger partial charge in [-0.3, -0.25) is 4.79 Å². The van der Waals surface area contributed by atoms with Crippen LogP contribution >= 0.6 is 0 Å². The lowest BCUT2D eigenvalue weighted by atomic mass is 9.89. The van der Waals surface area contributed by atoms with E-state index in [4.69, 9.17) is 4.74 Å². The fraction of sp³-hybridized carbons (Fsp3) is 0.353. The van der Waals surface area contributed by atoms with E-state index in [1.807, 2.05) is 26.8 Å². The summed E-state index contributed by atoms with van der Waals surface area (Å²) in [7, 11) is 0. The number of fused-ring (bicyclic) bond motifs is 1. The van der Waals surface area contributed by atoms with E-state index in [0.717, 1.165) is 39.0 Å². The Kier molecular flexibility index (Phi) is 3.71. The lowest BCUT2D eigenvalue weighted by Gasteiger charge is -2.17. The van der Waals surface area contributed by atoms with Crippen molar-refractivity contribution in [3.05, 3.63) is 40.0 Å². The maximum absolute atomic E-state index is 10.9. The Labute approximate surface area is 119 Å². The highest BCUT2D eigenvalue weighted by Crippen LogP contribution is 2.44. The van der Waals surface area contributed by atoms with Gasteiger partial charge in [0.05, 0.1) is 6.61 Å². The molecule has 0 bridgehead atoms. The predicted octanol–water partition coefficient (Wildman–Crippen LogP) is 3.54. The fourth-order valence-corrected chi connectivity index (χ4v) is 2.80. The van der Waals surface area contributed by atoms with Crippen LogP contribution < -0.4 is 0 Å².